The Balaban J connectivity index is 1.95. The summed E-state index contributed by atoms with van der Waals surface area (Å²) in [5, 5.41) is 0. The van der Waals surface area contributed by atoms with Gasteiger partial charge in [-0.25, -0.2) is 8.42 Å². The normalized spacial score (nSPS) is 22.6. The van der Waals surface area contributed by atoms with Crippen molar-refractivity contribution in [2.75, 3.05) is 18.0 Å². The standard InChI is InChI=1S/C16H22N2O3S/c1-12-10-14-11-15(6-7-16(14)18(12)13(2)19)22(20,21)17-8-4-3-5-9-17/h6-7,11-12H,3-5,8-10H2,1-2H3/t12-/m1/s1. The Hall–Kier alpha value is -1.40. The maximum Gasteiger partial charge on any atom is 0.243 e. The van der Waals surface area contributed by atoms with Crippen LogP contribution >= 0.6 is 0 Å². The number of piperidine rings is 1. The van der Waals surface area contributed by atoms with Crippen molar-refractivity contribution in [3.63, 3.8) is 0 Å². The molecule has 3 rings (SSSR count). The number of fused-ring (bicyclic) bond motifs is 1. The third-order valence-electron chi connectivity index (χ3n) is 4.56. The first kappa shape index (κ1) is 15.5. The molecule has 0 aromatic heterocycles. The van der Waals surface area contributed by atoms with E-state index in [0.29, 0.717) is 24.4 Å². The number of benzene rings is 1. The summed E-state index contributed by atoms with van der Waals surface area (Å²) in [6.45, 7) is 4.75. The van der Waals surface area contributed by atoms with E-state index in [1.165, 1.54) is 0 Å². The fourth-order valence-corrected chi connectivity index (χ4v) is 5.07. The quantitative estimate of drug-likeness (QED) is 0.838. The highest BCUT2D eigenvalue weighted by molar-refractivity contribution is 7.89. The monoisotopic (exact) mass is 322 g/mol. The van der Waals surface area contributed by atoms with E-state index >= 15 is 0 Å². The predicted octanol–water partition coefficient (Wildman–Crippen LogP) is 2.16. The molecule has 6 heteroatoms. The van der Waals surface area contributed by atoms with Gasteiger partial charge in [0, 0.05) is 31.7 Å². The number of hydrogen-bond acceptors (Lipinski definition) is 3. The molecule has 120 valence electrons. The fraction of sp³-hybridized carbons (Fsp3) is 0.562. The lowest BCUT2D eigenvalue weighted by atomic mass is 10.1. The van der Waals surface area contributed by atoms with E-state index in [-0.39, 0.29) is 11.9 Å². The molecule has 1 saturated heterocycles. The minimum atomic E-state index is -3.41. The first-order valence-electron chi connectivity index (χ1n) is 7.84. The molecule has 0 aliphatic carbocycles. The van der Waals surface area contributed by atoms with Crippen LogP contribution in [0.15, 0.2) is 23.1 Å². The van der Waals surface area contributed by atoms with E-state index in [1.54, 1.807) is 34.3 Å². The summed E-state index contributed by atoms with van der Waals surface area (Å²) in [4.78, 5) is 13.8. The van der Waals surface area contributed by atoms with Gasteiger partial charge in [0.25, 0.3) is 0 Å². The van der Waals surface area contributed by atoms with Crippen molar-refractivity contribution in [2.45, 2.75) is 50.5 Å². The van der Waals surface area contributed by atoms with Gasteiger partial charge in [-0.2, -0.15) is 4.31 Å². The molecular weight excluding hydrogens is 300 g/mol. The van der Waals surface area contributed by atoms with Crippen molar-refractivity contribution in [2.24, 2.45) is 0 Å². The molecule has 1 aromatic rings. The topological polar surface area (TPSA) is 57.7 Å². The second-order valence-corrected chi connectivity index (χ2v) is 8.14. The van der Waals surface area contributed by atoms with Crippen LogP contribution in [0.25, 0.3) is 0 Å². The first-order valence-corrected chi connectivity index (χ1v) is 9.28. The minimum Gasteiger partial charge on any atom is -0.309 e. The lowest BCUT2D eigenvalue weighted by Gasteiger charge is -2.26. The molecule has 2 heterocycles. The summed E-state index contributed by atoms with van der Waals surface area (Å²) in [6.07, 6.45) is 3.66. The Bertz CT molecular complexity index is 693. The Morgan fingerprint density at radius 3 is 2.50 bits per heavy atom. The molecule has 0 unspecified atom stereocenters. The number of carbonyl (C=O) groups is 1. The number of sulfonamides is 1. The Morgan fingerprint density at radius 1 is 1.18 bits per heavy atom. The molecular formula is C16H22N2O3S. The number of anilines is 1. The molecule has 0 N–H and O–H groups in total. The van der Waals surface area contributed by atoms with E-state index in [4.69, 9.17) is 0 Å². The third-order valence-corrected chi connectivity index (χ3v) is 6.45. The van der Waals surface area contributed by atoms with Crippen molar-refractivity contribution in [1.29, 1.82) is 0 Å². The van der Waals surface area contributed by atoms with E-state index in [1.807, 2.05) is 6.92 Å². The van der Waals surface area contributed by atoms with Gasteiger partial charge < -0.3 is 4.90 Å². The molecule has 0 bridgehead atoms. The molecule has 1 fully saturated rings. The van der Waals surface area contributed by atoms with E-state index in [2.05, 4.69) is 0 Å². The zero-order valence-electron chi connectivity index (χ0n) is 13.1. The number of amides is 1. The van der Waals surface area contributed by atoms with Crippen LogP contribution in [0.1, 0.15) is 38.7 Å². The predicted molar refractivity (Wildman–Crippen MR) is 85.4 cm³/mol. The molecule has 0 spiro atoms. The Labute approximate surface area is 132 Å². The Morgan fingerprint density at radius 2 is 1.86 bits per heavy atom. The van der Waals surface area contributed by atoms with Gasteiger partial charge >= 0.3 is 0 Å². The summed E-state index contributed by atoms with van der Waals surface area (Å²) >= 11 is 0. The minimum absolute atomic E-state index is 0.00196. The maximum atomic E-state index is 12.7. The largest absolute Gasteiger partial charge is 0.309 e. The van der Waals surface area contributed by atoms with Crippen LogP contribution in [-0.2, 0) is 21.2 Å². The van der Waals surface area contributed by atoms with Crippen molar-refractivity contribution in [3.8, 4) is 0 Å². The van der Waals surface area contributed by atoms with Gasteiger partial charge in [0.05, 0.1) is 4.90 Å². The summed E-state index contributed by atoms with van der Waals surface area (Å²) < 4.78 is 27.0. The summed E-state index contributed by atoms with van der Waals surface area (Å²) in [6, 6.07) is 5.24. The van der Waals surface area contributed by atoms with Crippen LogP contribution in [0.4, 0.5) is 5.69 Å². The van der Waals surface area contributed by atoms with E-state index < -0.39 is 10.0 Å². The van der Waals surface area contributed by atoms with Crippen molar-refractivity contribution < 1.29 is 13.2 Å². The second kappa shape index (κ2) is 5.66. The van der Waals surface area contributed by atoms with E-state index in [0.717, 1.165) is 30.5 Å². The summed E-state index contributed by atoms with van der Waals surface area (Å²) in [7, 11) is -3.41. The van der Waals surface area contributed by atoms with Crippen LogP contribution < -0.4 is 4.90 Å². The van der Waals surface area contributed by atoms with Gasteiger partial charge in [0.15, 0.2) is 0 Å². The Kier molecular flexibility index (Phi) is 3.99. The van der Waals surface area contributed by atoms with Crippen molar-refractivity contribution in [3.05, 3.63) is 23.8 Å². The summed E-state index contributed by atoms with van der Waals surface area (Å²) in [5.74, 6) is -0.00196. The summed E-state index contributed by atoms with van der Waals surface area (Å²) in [5.41, 5.74) is 1.79. The highest BCUT2D eigenvalue weighted by atomic mass is 32.2. The average molecular weight is 322 g/mol. The van der Waals surface area contributed by atoms with Crippen molar-refractivity contribution in [1.82, 2.24) is 4.31 Å². The lowest BCUT2D eigenvalue weighted by molar-refractivity contribution is -0.116. The molecule has 0 saturated carbocycles. The molecule has 5 nitrogen and oxygen atoms in total. The molecule has 1 aromatic carbocycles. The maximum absolute atomic E-state index is 12.7. The molecule has 1 amide bonds. The van der Waals surface area contributed by atoms with Gasteiger partial charge in [-0.3, -0.25) is 4.79 Å². The van der Waals surface area contributed by atoms with Crippen LogP contribution in [0, 0.1) is 0 Å². The highest BCUT2D eigenvalue weighted by Gasteiger charge is 2.32. The highest BCUT2D eigenvalue weighted by Crippen LogP contribution is 2.34. The van der Waals surface area contributed by atoms with Crippen LogP contribution in [0.3, 0.4) is 0 Å². The number of nitrogens with zero attached hydrogens (tertiary/aromatic N) is 2. The zero-order valence-corrected chi connectivity index (χ0v) is 13.9. The van der Waals surface area contributed by atoms with Crippen LogP contribution in [-0.4, -0.2) is 37.8 Å². The second-order valence-electron chi connectivity index (χ2n) is 6.20. The van der Waals surface area contributed by atoms with Gasteiger partial charge in [0.2, 0.25) is 15.9 Å². The van der Waals surface area contributed by atoms with E-state index in [9.17, 15) is 13.2 Å². The fourth-order valence-electron chi connectivity index (χ4n) is 3.50. The number of hydrogen-bond donors (Lipinski definition) is 0. The average Bonchev–Trinajstić information content (AvgIpc) is 2.83. The molecule has 2 aliphatic rings. The third kappa shape index (κ3) is 2.54. The molecule has 2 aliphatic heterocycles. The van der Waals surface area contributed by atoms with Gasteiger partial charge in [-0.15, -0.1) is 0 Å². The SMILES string of the molecule is CC(=O)N1c2ccc(S(=O)(=O)N3CCCCC3)cc2C[C@H]1C. The first-order chi connectivity index (χ1) is 10.4. The van der Waals surface area contributed by atoms with Gasteiger partial charge in [0.1, 0.15) is 0 Å². The lowest BCUT2D eigenvalue weighted by Crippen LogP contribution is -2.35. The zero-order chi connectivity index (χ0) is 15.9. The smallest absolute Gasteiger partial charge is 0.243 e. The van der Waals surface area contributed by atoms with Crippen LogP contribution in [0.5, 0.6) is 0 Å². The van der Waals surface area contributed by atoms with Crippen molar-refractivity contribution >= 4 is 21.6 Å². The van der Waals surface area contributed by atoms with Crippen LogP contribution in [0.2, 0.25) is 0 Å². The number of carbonyl (C=O) groups excluding carboxylic acids is 1. The molecule has 22 heavy (non-hydrogen) atoms. The molecule has 0 radical (unpaired) electrons. The molecule has 1 atom stereocenters. The van der Waals surface area contributed by atoms with Gasteiger partial charge in [-0.05, 0) is 49.9 Å². The number of rotatable bonds is 2. The van der Waals surface area contributed by atoms with Gasteiger partial charge in [-0.1, -0.05) is 6.42 Å².